The molecule has 80 valence electrons. The fraction of sp³-hybridized carbons (Fsp3) is 0.385. The fourth-order valence-electron chi connectivity index (χ4n) is 2.36. The van der Waals surface area contributed by atoms with Gasteiger partial charge in [-0.15, -0.1) is 0 Å². The minimum absolute atomic E-state index is 0.214. The van der Waals surface area contributed by atoms with Crippen LogP contribution in [0.15, 0.2) is 18.3 Å². The zero-order chi connectivity index (χ0) is 11.0. The van der Waals surface area contributed by atoms with Gasteiger partial charge in [-0.3, -0.25) is 0 Å². The Bertz CT molecular complexity index is 497. The Hall–Kier alpha value is -1.28. The third kappa shape index (κ3) is 1.65. The summed E-state index contributed by atoms with van der Waals surface area (Å²) in [6, 6.07) is 4.40. The standard InChI is InChI=1S/C13H17NO/c1-9-6-10(2)13-12(7-9)11(4-5-15)8-14(13)3/h6-8,15H,4-5H2,1-3H3. The number of hydrogen-bond acceptors (Lipinski definition) is 1. The minimum atomic E-state index is 0.214. The monoisotopic (exact) mass is 203 g/mol. The lowest BCUT2D eigenvalue weighted by Crippen LogP contribution is -1.88. The van der Waals surface area contributed by atoms with Gasteiger partial charge in [0, 0.05) is 25.2 Å². The van der Waals surface area contributed by atoms with Crippen LogP contribution in [0.3, 0.4) is 0 Å². The summed E-state index contributed by atoms with van der Waals surface area (Å²) in [4.78, 5) is 0. The first-order chi connectivity index (χ1) is 7.13. The van der Waals surface area contributed by atoms with Crippen LogP contribution in [0.4, 0.5) is 0 Å². The second-order valence-corrected chi connectivity index (χ2v) is 4.22. The molecule has 1 heterocycles. The van der Waals surface area contributed by atoms with Crippen molar-refractivity contribution in [3.8, 4) is 0 Å². The van der Waals surface area contributed by atoms with Crippen molar-refractivity contribution in [2.75, 3.05) is 6.61 Å². The molecular weight excluding hydrogens is 186 g/mol. The molecule has 0 aliphatic heterocycles. The summed E-state index contributed by atoms with van der Waals surface area (Å²) in [6.07, 6.45) is 2.85. The van der Waals surface area contributed by atoms with E-state index in [4.69, 9.17) is 5.11 Å². The van der Waals surface area contributed by atoms with Gasteiger partial charge in [0.1, 0.15) is 0 Å². The van der Waals surface area contributed by atoms with E-state index in [1.54, 1.807) is 0 Å². The quantitative estimate of drug-likeness (QED) is 0.796. The van der Waals surface area contributed by atoms with E-state index < -0.39 is 0 Å². The molecule has 0 saturated heterocycles. The first-order valence-electron chi connectivity index (χ1n) is 5.29. The Kier molecular flexibility index (Phi) is 2.53. The molecule has 2 heteroatoms. The van der Waals surface area contributed by atoms with Crippen molar-refractivity contribution >= 4 is 10.9 Å². The van der Waals surface area contributed by atoms with E-state index in [0.29, 0.717) is 0 Å². The molecule has 0 saturated carbocycles. The van der Waals surface area contributed by atoms with Gasteiger partial charge in [0.2, 0.25) is 0 Å². The van der Waals surface area contributed by atoms with E-state index in [1.807, 2.05) is 0 Å². The van der Waals surface area contributed by atoms with Crippen LogP contribution < -0.4 is 0 Å². The highest BCUT2D eigenvalue weighted by Gasteiger charge is 2.08. The summed E-state index contributed by atoms with van der Waals surface area (Å²) in [6.45, 7) is 4.46. The summed E-state index contributed by atoms with van der Waals surface area (Å²) < 4.78 is 2.15. The molecule has 0 bridgehead atoms. The predicted molar refractivity (Wildman–Crippen MR) is 63.2 cm³/mol. The third-order valence-corrected chi connectivity index (χ3v) is 2.87. The van der Waals surface area contributed by atoms with Crippen molar-refractivity contribution < 1.29 is 5.11 Å². The van der Waals surface area contributed by atoms with Gasteiger partial charge in [-0.1, -0.05) is 11.6 Å². The van der Waals surface area contributed by atoms with Crippen molar-refractivity contribution in [2.24, 2.45) is 7.05 Å². The number of fused-ring (bicyclic) bond motifs is 1. The number of aryl methyl sites for hydroxylation is 3. The third-order valence-electron chi connectivity index (χ3n) is 2.87. The molecule has 1 aromatic heterocycles. The Labute approximate surface area is 90.2 Å². The summed E-state index contributed by atoms with van der Waals surface area (Å²) >= 11 is 0. The lowest BCUT2D eigenvalue weighted by molar-refractivity contribution is 0.300. The SMILES string of the molecule is Cc1cc(C)c2c(c1)c(CCO)cn2C. The summed E-state index contributed by atoms with van der Waals surface area (Å²) in [5, 5.41) is 10.3. The molecule has 0 unspecified atom stereocenters. The number of aliphatic hydroxyl groups excluding tert-OH is 1. The molecule has 0 radical (unpaired) electrons. The zero-order valence-corrected chi connectivity index (χ0v) is 9.54. The number of aromatic nitrogens is 1. The van der Waals surface area contributed by atoms with Crippen LogP contribution >= 0.6 is 0 Å². The number of nitrogens with zero attached hydrogens (tertiary/aromatic N) is 1. The highest BCUT2D eigenvalue weighted by molar-refractivity contribution is 5.87. The van der Waals surface area contributed by atoms with Crippen LogP contribution in [0, 0.1) is 13.8 Å². The van der Waals surface area contributed by atoms with Gasteiger partial charge >= 0.3 is 0 Å². The molecule has 0 amide bonds. The smallest absolute Gasteiger partial charge is 0.0510 e. The van der Waals surface area contributed by atoms with Gasteiger partial charge in [0.15, 0.2) is 0 Å². The Balaban J connectivity index is 2.75. The summed E-state index contributed by atoms with van der Waals surface area (Å²) in [5.41, 5.74) is 5.10. The van der Waals surface area contributed by atoms with Crippen molar-refractivity contribution in [2.45, 2.75) is 20.3 Å². The highest BCUT2D eigenvalue weighted by Crippen LogP contribution is 2.25. The first kappa shape index (κ1) is 10.2. The van der Waals surface area contributed by atoms with Gasteiger partial charge < -0.3 is 9.67 Å². The fourth-order valence-corrected chi connectivity index (χ4v) is 2.36. The topological polar surface area (TPSA) is 25.2 Å². The molecule has 2 nitrogen and oxygen atoms in total. The van der Waals surface area contributed by atoms with Gasteiger partial charge in [-0.2, -0.15) is 0 Å². The molecule has 15 heavy (non-hydrogen) atoms. The molecule has 1 N–H and O–H groups in total. The molecular formula is C13H17NO. The largest absolute Gasteiger partial charge is 0.396 e. The normalized spacial score (nSPS) is 11.2. The summed E-state index contributed by atoms with van der Waals surface area (Å²) in [5.74, 6) is 0. The van der Waals surface area contributed by atoms with Gasteiger partial charge in [0.05, 0.1) is 5.52 Å². The molecule has 0 spiro atoms. The van der Waals surface area contributed by atoms with Gasteiger partial charge in [-0.05, 0) is 37.5 Å². The van der Waals surface area contributed by atoms with Crippen LogP contribution in [-0.2, 0) is 13.5 Å². The lowest BCUT2D eigenvalue weighted by atomic mass is 10.0. The Morgan fingerprint density at radius 1 is 1.27 bits per heavy atom. The second kappa shape index (κ2) is 3.70. The van der Waals surface area contributed by atoms with E-state index in [9.17, 15) is 0 Å². The van der Waals surface area contributed by atoms with Gasteiger partial charge in [-0.25, -0.2) is 0 Å². The lowest BCUT2D eigenvalue weighted by Gasteiger charge is -2.03. The van der Waals surface area contributed by atoms with Crippen LogP contribution in [0.25, 0.3) is 10.9 Å². The van der Waals surface area contributed by atoms with Crippen LogP contribution in [-0.4, -0.2) is 16.3 Å². The van der Waals surface area contributed by atoms with Crippen molar-refractivity contribution in [1.29, 1.82) is 0 Å². The zero-order valence-electron chi connectivity index (χ0n) is 9.54. The number of hydrogen-bond donors (Lipinski definition) is 1. The average molecular weight is 203 g/mol. The maximum atomic E-state index is 9.02. The van der Waals surface area contributed by atoms with Crippen LogP contribution in [0.2, 0.25) is 0 Å². The van der Waals surface area contributed by atoms with E-state index >= 15 is 0 Å². The molecule has 2 rings (SSSR count). The first-order valence-corrected chi connectivity index (χ1v) is 5.29. The molecule has 0 atom stereocenters. The Morgan fingerprint density at radius 2 is 2.00 bits per heavy atom. The number of benzene rings is 1. The van der Waals surface area contributed by atoms with Crippen molar-refractivity contribution in [1.82, 2.24) is 4.57 Å². The minimum Gasteiger partial charge on any atom is -0.396 e. The van der Waals surface area contributed by atoms with Crippen molar-refractivity contribution in [3.63, 3.8) is 0 Å². The highest BCUT2D eigenvalue weighted by atomic mass is 16.2. The van der Waals surface area contributed by atoms with E-state index in [-0.39, 0.29) is 6.61 Å². The predicted octanol–water partition coefficient (Wildman–Crippen LogP) is 2.33. The van der Waals surface area contributed by atoms with E-state index in [0.717, 1.165) is 6.42 Å². The Morgan fingerprint density at radius 3 is 2.67 bits per heavy atom. The number of rotatable bonds is 2. The van der Waals surface area contributed by atoms with E-state index in [1.165, 1.54) is 27.6 Å². The van der Waals surface area contributed by atoms with Crippen LogP contribution in [0.5, 0.6) is 0 Å². The second-order valence-electron chi connectivity index (χ2n) is 4.22. The van der Waals surface area contributed by atoms with Crippen molar-refractivity contribution in [3.05, 3.63) is 35.0 Å². The average Bonchev–Trinajstić information content (AvgIpc) is 2.43. The molecule has 2 aromatic rings. The molecule has 0 aliphatic carbocycles. The maximum absolute atomic E-state index is 9.02. The molecule has 1 aromatic carbocycles. The summed E-state index contributed by atoms with van der Waals surface area (Å²) in [7, 11) is 2.06. The van der Waals surface area contributed by atoms with Crippen LogP contribution in [0.1, 0.15) is 16.7 Å². The van der Waals surface area contributed by atoms with Gasteiger partial charge in [0.25, 0.3) is 0 Å². The molecule has 0 fully saturated rings. The maximum Gasteiger partial charge on any atom is 0.0510 e. The van der Waals surface area contributed by atoms with E-state index in [2.05, 4.69) is 43.8 Å². The molecule has 0 aliphatic rings. The number of aliphatic hydroxyl groups is 1.